The smallest absolute Gasteiger partial charge is 0.129 e. The number of rotatable bonds is 2. The van der Waals surface area contributed by atoms with Gasteiger partial charge in [-0.25, -0.2) is 0 Å². The van der Waals surface area contributed by atoms with Gasteiger partial charge in [-0.2, -0.15) is 5.10 Å². The monoisotopic (exact) mass is 251 g/mol. The summed E-state index contributed by atoms with van der Waals surface area (Å²) >= 11 is 6.23. The Kier molecular flexibility index (Phi) is 2.98. The van der Waals surface area contributed by atoms with Gasteiger partial charge in [-0.15, -0.1) is 0 Å². The molecule has 0 aliphatic rings. The first-order chi connectivity index (χ1) is 8.04. The molecular weight excluding hydrogens is 238 g/mol. The van der Waals surface area contributed by atoms with Crippen molar-refractivity contribution in [2.24, 2.45) is 7.05 Å². The zero-order chi connectivity index (χ0) is 12.6. The van der Waals surface area contributed by atoms with Crippen molar-refractivity contribution in [1.29, 1.82) is 0 Å². The molecular formula is C12H14ClN3O. The number of aryl methyl sites for hydroxylation is 2. The molecule has 5 heteroatoms. The lowest BCUT2D eigenvalue weighted by molar-refractivity contribution is 0.412. The molecule has 0 fully saturated rings. The number of halogens is 1. The van der Waals surface area contributed by atoms with E-state index in [1.165, 1.54) is 0 Å². The SMILES string of the molecule is COc1cc(-c2cnn(C)c2N)c(Cl)cc1C. The predicted octanol–water partition coefficient (Wildman–Crippen LogP) is 2.64. The Labute approximate surface area is 105 Å². The molecule has 1 aromatic carbocycles. The van der Waals surface area contributed by atoms with Crippen LogP contribution in [0.2, 0.25) is 5.02 Å². The molecule has 0 amide bonds. The molecule has 90 valence electrons. The minimum Gasteiger partial charge on any atom is -0.496 e. The molecule has 0 bridgehead atoms. The second-order valence-electron chi connectivity index (χ2n) is 3.87. The normalized spacial score (nSPS) is 10.6. The van der Waals surface area contributed by atoms with Gasteiger partial charge in [0.1, 0.15) is 11.6 Å². The number of nitrogens with zero attached hydrogens (tertiary/aromatic N) is 2. The number of anilines is 1. The molecule has 2 rings (SSSR count). The number of benzene rings is 1. The van der Waals surface area contributed by atoms with Crippen molar-refractivity contribution in [2.45, 2.75) is 6.92 Å². The Morgan fingerprint density at radius 2 is 2.06 bits per heavy atom. The van der Waals surface area contributed by atoms with Crippen LogP contribution in [0.3, 0.4) is 0 Å². The van der Waals surface area contributed by atoms with Gasteiger partial charge >= 0.3 is 0 Å². The van der Waals surface area contributed by atoms with E-state index in [1.54, 1.807) is 25.0 Å². The molecule has 0 spiro atoms. The Hall–Kier alpha value is -1.68. The van der Waals surface area contributed by atoms with Gasteiger partial charge in [0.05, 0.1) is 13.3 Å². The number of aromatic nitrogens is 2. The number of nitrogens with two attached hydrogens (primary N) is 1. The van der Waals surface area contributed by atoms with Crippen LogP contribution in [0.25, 0.3) is 11.1 Å². The number of methoxy groups -OCH3 is 1. The third-order valence-corrected chi connectivity index (χ3v) is 3.07. The van der Waals surface area contributed by atoms with Crippen molar-refractivity contribution in [3.8, 4) is 16.9 Å². The van der Waals surface area contributed by atoms with Gasteiger partial charge in [-0.05, 0) is 24.6 Å². The quantitative estimate of drug-likeness (QED) is 0.893. The van der Waals surface area contributed by atoms with E-state index in [0.717, 1.165) is 22.4 Å². The van der Waals surface area contributed by atoms with E-state index in [1.807, 2.05) is 19.1 Å². The molecule has 2 aromatic rings. The van der Waals surface area contributed by atoms with Crippen LogP contribution in [0, 0.1) is 6.92 Å². The molecule has 0 saturated heterocycles. The summed E-state index contributed by atoms with van der Waals surface area (Å²) in [6.07, 6.45) is 1.70. The van der Waals surface area contributed by atoms with Crippen molar-refractivity contribution in [3.05, 3.63) is 28.9 Å². The number of ether oxygens (including phenoxy) is 1. The van der Waals surface area contributed by atoms with E-state index < -0.39 is 0 Å². The highest BCUT2D eigenvalue weighted by atomic mass is 35.5. The summed E-state index contributed by atoms with van der Waals surface area (Å²) < 4.78 is 6.89. The molecule has 0 saturated carbocycles. The fourth-order valence-electron chi connectivity index (χ4n) is 1.73. The first kappa shape index (κ1) is 11.8. The average Bonchev–Trinajstić information content (AvgIpc) is 2.61. The van der Waals surface area contributed by atoms with E-state index in [2.05, 4.69) is 5.10 Å². The maximum atomic E-state index is 6.23. The molecule has 0 radical (unpaired) electrons. The summed E-state index contributed by atoms with van der Waals surface area (Å²) in [5.74, 6) is 1.37. The van der Waals surface area contributed by atoms with E-state index in [4.69, 9.17) is 22.1 Å². The Morgan fingerprint density at radius 1 is 1.35 bits per heavy atom. The first-order valence-corrected chi connectivity index (χ1v) is 5.54. The van der Waals surface area contributed by atoms with E-state index >= 15 is 0 Å². The average molecular weight is 252 g/mol. The topological polar surface area (TPSA) is 53.1 Å². The van der Waals surface area contributed by atoms with E-state index in [-0.39, 0.29) is 0 Å². The maximum absolute atomic E-state index is 6.23. The summed E-state index contributed by atoms with van der Waals surface area (Å²) in [4.78, 5) is 0. The molecule has 0 aliphatic heterocycles. The minimum absolute atomic E-state index is 0.581. The largest absolute Gasteiger partial charge is 0.496 e. The number of hydrogen-bond donors (Lipinski definition) is 1. The van der Waals surface area contributed by atoms with Crippen LogP contribution >= 0.6 is 11.6 Å². The third-order valence-electron chi connectivity index (χ3n) is 2.76. The standard InChI is InChI=1S/C12H14ClN3O/c1-7-4-10(13)8(5-11(7)17-3)9-6-15-16(2)12(9)14/h4-6H,14H2,1-3H3. The number of nitrogen functional groups attached to an aromatic ring is 1. The lowest BCUT2D eigenvalue weighted by Crippen LogP contribution is -1.98. The summed E-state index contributed by atoms with van der Waals surface area (Å²) in [6.45, 7) is 1.95. The maximum Gasteiger partial charge on any atom is 0.129 e. The van der Waals surface area contributed by atoms with E-state index in [9.17, 15) is 0 Å². The first-order valence-electron chi connectivity index (χ1n) is 5.16. The summed E-state index contributed by atoms with van der Waals surface area (Å²) in [5, 5.41) is 4.75. The van der Waals surface area contributed by atoms with E-state index in [0.29, 0.717) is 10.8 Å². The van der Waals surface area contributed by atoms with Crippen LogP contribution in [0.1, 0.15) is 5.56 Å². The van der Waals surface area contributed by atoms with Crippen molar-refractivity contribution < 1.29 is 4.74 Å². The van der Waals surface area contributed by atoms with Crippen LogP contribution < -0.4 is 10.5 Å². The Balaban J connectivity index is 2.63. The molecule has 0 unspecified atom stereocenters. The van der Waals surface area contributed by atoms with Crippen molar-refractivity contribution in [2.75, 3.05) is 12.8 Å². The molecule has 0 atom stereocenters. The van der Waals surface area contributed by atoms with Gasteiger partial charge < -0.3 is 10.5 Å². The zero-order valence-electron chi connectivity index (χ0n) is 9.99. The van der Waals surface area contributed by atoms with Crippen LogP contribution in [0.15, 0.2) is 18.3 Å². The van der Waals surface area contributed by atoms with Crippen LogP contribution in [0.4, 0.5) is 5.82 Å². The van der Waals surface area contributed by atoms with Crippen LogP contribution in [0.5, 0.6) is 5.75 Å². The molecule has 1 heterocycles. The minimum atomic E-state index is 0.581. The fourth-order valence-corrected chi connectivity index (χ4v) is 2.05. The summed E-state index contributed by atoms with van der Waals surface area (Å²) in [7, 11) is 3.42. The van der Waals surface area contributed by atoms with Crippen molar-refractivity contribution >= 4 is 17.4 Å². The predicted molar refractivity (Wildman–Crippen MR) is 69.4 cm³/mol. The van der Waals surface area contributed by atoms with Gasteiger partial charge in [-0.3, -0.25) is 4.68 Å². The second kappa shape index (κ2) is 4.30. The van der Waals surface area contributed by atoms with Gasteiger partial charge in [-0.1, -0.05) is 11.6 Å². The highest BCUT2D eigenvalue weighted by Gasteiger charge is 2.13. The summed E-state index contributed by atoms with van der Waals surface area (Å²) in [5.41, 5.74) is 8.57. The Bertz CT molecular complexity index is 563. The van der Waals surface area contributed by atoms with Gasteiger partial charge in [0.15, 0.2) is 0 Å². The molecule has 1 aromatic heterocycles. The summed E-state index contributed by atoms with van der Waals surface area (Å²) in [6, 6.07) is 3.74. The fraction of sp³-hybridized carbons (Fsp3) is 0.250. The lowest BCUT2D eigenvalue weighted by Gasteiger charge is -2.09. The highest BCUT2D eigenvalue weighted by Crippen LogP contribution is 2.36. The molecule has 17 heavy (non-hydrogen) atoms. The van der Waals surface area contributed by atoms with Crippen molar-refractivity contribution in [1.82, 2.24) is 9.78 Å². The highest BCUT2D eigenvalue weighted by molar-refractivity contribution is 6.33. The molecule has 0 aliphatic carbocycles. The number of hydrogen-bond acceptors (Lipinski definition) is 3. The van der Waals surface area contributed by atoms with Gasteiger partial charge in [0.2, 0.25) is 0 Å². The Morgan fingerprint density at radius 3 is 2.59 bits per heavy atom. The van der Waals surface area contributed by atoms with Gasteiger partial charge in [0, 0.05) is 23.2 Å². The molecule has 4 nitrogen and oxygen atoms in total. The lowest BCUT2D eigenvalue weighted by atomic mass is 10.1. The zero-order valence-corrected chi connectivity index (χ0v) is 10.7. The van der Waals surface area contributed by atoms with Crippen molar-refractivity contribution in [3.63, 3.8) is 0 Å². The molecule has 2 N–H and O–H groups in total. The van der Waals surface area contributed by atoms with Crippen LogP contribution in [-0.4, -0.2) is 16.9 Å². The van der Waals surface area contributed by atoms with Gasteiger partial charge in [0.25, 0.3) is 0 Å². The van der Waals surface area contributed by atoms with Crippen LogP contribution in [-0.2, 0) is 7.05 Å². The third kappa shape index (κ3) is 1.96. The second-order valence-corrected chi connectivity index (χ2v) is 4.28.